The molecule has 1 aliphatic rings. The molecule has 0 bridgehead atoms. The molecule has 1 amide bonds. The Morgan fingerprint density at radius 1 is 0.698 bits per heavy atom. The Hall–Kier alpha value is -5.12. The first kappa shape index (κ1) is 37.6. The zero-order chi connectivity index (χ0) is 37.0. The third-order valence-electron chi connectivity index (χ3n) is 9.84. The molecule has 274 valence electrons. The Balaban J connectivity index is 1.23. The first-order chi connectivity index (χ1) is 25.9. The number of carbonyl (C=O) groups is 2. The Kier molecular flexibility index (Phi) is 13.2. The highest BCUT2D eigenvalue weighted by molar-refractivity contribution is 5.77. The highest BCUT2D eigenvalue weighted by Crippen LogP contribution is 2.42. The van der Waals surface area contributed by atoms with Crippen molar-refractivity contribution >= 4 is 11.9 Å². The van der Waals surface area contributed by atoms with Crippen molar-refractivity contribution in [1.29, 1.82) is 0 Å². The van der Waals surface area contributed by atoms with Crippen LogP contribution in [0.15, 0.2) is 133 Å². The molecule has 8 nitrogen and oxygen atoms in total. The third-order valence-corrected chi connectivity index (χ3v) is 9.84. The summed E-state index contributed by atoms with van der Waals surface area (Å²) >= 11 is 0. The number of hydrogen-bond acceptors (Lipinski definition) is 6. The fraction of sp³-hybridized carbons (Fsp3) is 0.289. The largest absolute Gasteiger partial charge is 0.481 e. The van der Waals surface area contributed by atoms with Gasteiger partial charge in [-0.25, -0.2) is 0 Å². The summed E-state index contributed by atoms with van der Waals surface area (Å²) in [7, 11) is 0. The first-order valence-corrected chi connectivity index (χ1v) is 18.3. The van der Waals surface area contributed by atoms with Gasteiger partial charge in [0.2, 0.25) is 5.91 Å². The maximum absolute atomic E-state index is 12.4. The minimum Gasteiger partial charge on any atom is -0.481 e. The lowest BCUT2D eigenvalue weighted by Gasteiger charge is -2.43. The van der Waals surface area contributed by atoms with Crippen LogP contribution in [0.25, 0.3) is 11.1 Å². The average molecular weight is 713 g/mol. The zero-order valence-electron chi connectivity index (χ0n) is 30.1. The van der Waals surface area contributed by atoms with Crippen molar-refractivity contribution in [2.24, 2.45) is 5.92 Å². The second kappa shape index (κ2) is 18.6. The van der Waals surface area contributed by atoms with Crippen LogP contribution < -0.4 is 5.32 Å². The van der Waals surface area contributed by atoms with Crippen molar-refractivity contribution in [2.75, 3.05) is 6.54 Å². The lowest BCUT2D eigenvalue weighted by atomic mass is 9.89. The van der Waals surface area contributed by atoms with Gasteiger partial charge >= 0.3 is 5.97 Å². The molecule has 0 radical (unpaired) electrons. The summed E-state index contributed by atoms with van der Waals surface area (Å²) in [5.41, 5.74) is 8.25. The van der Waals surface area contributed by atoms with Crippen LogP contribution in [0.2, 0.25) is 0 Å². The molecule has 5 aromatic rings. The van der Waals surface area contributed by atoms with E-state index in [4.69, 9.17) is 14.6 Å². The molecule has 4 atom stereocenters. The number of aliphatic carboxylic acids is 1. The summed E-state index contributed by atoms with van der Waals surface area (Å²) in [4.78, 5) is 25.7. The molecule has 1 fully saturated rings. The summed E-state index contributed by atoms with van der Waals surface area (Å²) in [6, 6.07) is 45.2. The predicted octanol–water partition coefficient (Wildman–Crippen LogP) is 8.21. The van der Waals surface area contributed by atoms with Crippen LogP contribution >= 0.6 is 0 Å². The van der Waals surface area contributed by atoms with Crippen LogP contribution in [0.1, 0.15) is 72.0 Å². The van der Waals surface area contributed by atoms with Gasteiger partial charge in [-0.3, -0.25) is 14.5 Å². The topological polar surface area (TPSA) is 108 Å². The molecule has 4 unspecified atom stereocenters. The quantitative estimate of drug-likeness (QED) is 0.0947. The van der Waals surface area contributed by atoms with Gasteiger partial charge in [-0.05, 0) is 45.4 Å². The SMILES string of the molecule is CC1C(CN(Cc2ccccc2)Cc2ccccc2)OC(c2ccc(-c3ccccc3CNC(=O)CCCC(=O)O)cc2)OC1c1ccc(CO)cc1. The maximum atomic E-state index is 12.4. The molecule has 3 N–H and O–H groups in total. The van der Waals surface area contributed by atoms with E-state index in [0.717, 1.165) is 46.5 Å². The highest BCUT2D eigenvalue weighted by Gasteiger charge is 2.39. The number of benzene rings is 5. The lowest BCUT2D eigenvalue weighted by molar-refractivity contribution is -0.276. The van der Waals surface area contributed by atoms with E-state index in [0.29, 0.717) is 19.5 Å². The van der Waals surface area contributed by atoms with Gasteiger partial charge in [0, 0.05) is 50.5 Å². The Labute approximate surface area is 312 Å². The zero-order valence-corrected chi connectivity index (χ0v) is 30.1. The fourth-order valence-electron chi connectivity index (χ4n) is 6.91. The van der Waals surface area contributed by atoms with E-state index in [9.17, 15) is 14.7 Å². The van der Waals surface area contributed by atoms with E-state index < -0.39 is 12.3 Å². The molecule has 8 heteroatoms. The van der Waals surface area contributed by atoms with Crippen LogP contribution in [-0.2, 0) is 45.3 Å². The highest BCUT2D eigenvalue weighted by atomic mass is 16.7. The molecular weight excluding hydrogens is 665 g/mol. The van der Waals surface area contributed by atoms with E-state index in [2.05, 4.69) is 77.8 Å². The number of hydrogen-bond donors (Lipinski definition) is 3. The standard InChI is InChI=1S/C45H48N2O6/c1-32-41(30-47(28-33-11-4-2-5-12-33)29-34-13-6-3-7-14-34)52-45(53-44(32)37-21-19-35(31-48)20-22-37)38-25-23-36(24-26-38)40-16-9-8-15-39(40)27-46-42(49)17-10-18-43(50)51/h2-9,11-16,19-26,32,41,44-45,48H,10,17-18,27-31H2,1H3,(H,46,49)(H,50,51). The number of carboxylic acids is 1. The van der Waals surface area contributed by atoms with Gasteiger partial charge in [-0.1, -0.05) is 140 Å². The van der Waals surface area contributed by atoms with E-state index >= 15 is 0 Å². The number of aliphatic hydroxyl groups excluding tert-OH is 1. The minimum atomic E-state index is -0.902. The Bertz CT molecular complexity index is 1860. The number of ether oxygens (including phenoxy) is 2. The Morgan fingerprint density at radius 3 is 1.92 bits per heavy atom. The number of aliphatic hydroxyl groups is 1. The summed E-state index contributed by atoms with van der Waals surface area (Å²) in [6.07, 6.45) is -0.538. The lowest BCUT2D eigenvalue weighted by Crippen LogP contribution is -2.44. The van der Waals surface area contributed by atoms with Crippen LogP contribution in [0, 0.1) is 5.92 Å². The number of rotatable bonds is 16. The van der Waals surface area contributed by atoms with Crippen molar-refractivity contribution in [3.63, 3.8) is 0 Å². The van der Waals surface area contributed by atoms with Crippen LogP contribution in [0.5, 0.6) is 0 Å². The Morgan fingerprint density at radius 2 is 1.30 bits per heavy atom. The van der Waals surface area contributed by atoms with Crippen molar-refractivity contribution in [3.8, 4) is 11.1 Å². The summed E-state index contributed by atoms with van der Waals surface area (Å²) in [5, 5.41) is 21.5. The molecule has 0 aliphatic carbocycles. The normalized spacial score (nSPS) is 18.5. The number of amides is 1. The van der Waals surface area contributed by atoms with Crippen molar-refractivity contribution < 1.29 is 29.3 Å². The summed E-state index contributed by atoms with van der Waals surface area (Å²) in [5.74, 6) is -1.04. The fourth-order valence-corrected chi connectivity index (χ4v) is 6.91. The number of carboxylic acid groups (broad SMARTS) is 1. The smallest absolute Gasteiger partial charge is 0.303 e. The third kappa shape index (κ3) is 10.5. The van der Waals surface area contributed by atoms with Crippen LogP contribution in [0.4, 0.5) is 0 Å². The molecular formula is C45H48N2O6. The molecule has 6 rings (SSSR count). The molecule has 0 saturated carbocycles. The van der Waals surface area contributed by atoms with Gasteiger partial charge in [-0.2, -0.15) is 0 Å². The van der Waals surface area contributed by atoms with Gasteiger partial charge in [0.15, 0.2) is 6.29 Å². The molecule has 53 heavy (non-hydrogen) atoms. The molecule has 0 spiro atoms. The van der Waals surface area contributed by atoms with Crippen molar-refractivity contribution in [2.45, 2.75) is 70.9 Å². The molecule has 1 heterocycles. The van der Waals surface area contributed by atoms with Crippen molar-refractivity contribution in [1.82, 2.24) is 10.2 Å². The van der Waals surface area contributed by atoms with E-state index in [1.54, 1.807) is 0 Å². The van der Waals surface area contributed by atoms with Gasteiger partial charge in [0.1, 0.15) is 0 Å². The number of nitrogens with one attached hydrogen (secondary N) is 1. The van der Waals surface area contributed by atoms with E-state index in [1.165, 1.54) is 11.1 Å². The minimum absolute atomic E-state index is 0.0156. The van der Waals surface area contributed by atoms with Crippen molar-refractivity contribution in [3.05, 3.63) is 167 Å². The van der Waals surface area contributed by atoms with E-state index in [1.807, 2.05) is 72.8 Å². The second-order valence-corrected chi connectivity index (χ2v) is 13.8. The summed E-state index contributed by atoms with van der Waals surface area (Å²) < 4.78 is 13.7. The first-order valence-electron chi connectivity index (χ1n) is 18.3. The predicted molar refractivity (Wildman–Crippen MR) is 205 cm³/mol. The molecule has 1 saturated heterocycles. The van der Waals surface area contributed by atoms with Crippen LogP contribution in [0.3, 0.4) is 0 Å². The van der Waals surface area contributed by atoms with Crippen LogP contribution in [-0.4, -0.2) is 39.6 Å². The van der Waals surface area contributed by atoms with Gasteiger partial charge in [0.25, 0.3) is 0 Å². The monoisotopic (exact) mass is 712 g/mol. The maximum Gasteiger partial charge on any atom is 0.303 e. The number of nitrogens with zero attached hydrogens (tertiary/aromatic N) is 1. The summed E-state index contributed by atoms with van der Waals surface area (Å²) in [6.45, 7) is 4.78. The van der Waals surface area contributed by atoms with Gasteiger partial charge in [-0.15, -0.1) is 0 Å². The number of carbonyl (C=O) groups excluding carboxylic acids is 1. The van der Waals surface area contributed by atoms with Gasteiger partial charge in [0.05, 0.1) is 18.8 Å². The second-order valence-electron chi connectivity index (χ2n) is 13.8. The van der Waals surface area contributed by atoms with Gasteiger partial charge < -0.3 is 25.0 Å². The van der Waals surface area contributed by atoms with E-state index in [-0.39, 0.29) is 43.5 Å². The average Bonchev–Trinajstić information content (AvgIpc) is 3.19. The molecule has 1 aliphatic heterocycles. The molecule has 0 aromatic heterocycles. The molecule has 5 aromatic carbocycles.